The molecule has 3 N–H and O–H groups in total. The summed E-state index contributed by atoms with van der Waals surface area (Å²) in [5, 5.41) is 1.79. The Morgan fingerprint density at radius 2 is 1.68 bits per heavy atom. The molecule has 0 bridgehead atoms. The van der Waals surface area contributed by atoms with Crippen molar-refractivity contribution in [2.75, 3.05) is 13.1 Å². The quantitative estimate of drug-likeness (QED) is 0.668. The third-order valence-corrected chi connectivity index (χ3v) is 5.40. The molecular formula is C15H21N3O6S. The number of imide groups is 1. The minimum Gasteiger partial charge on any atom is -0.449 e. The fourth-order valence-electron chi connectivity index (χ4n) is 1.98. The molecular weight excluding hydrogens is 350 g/mol. The van der Waals surface area contributed by atoms with E-state index in [2.05, 4.69) is 0 Å². The molecule has 25 heavy (non-hydrogen) atoms. The van der Waals surface area contributed by atoms with E-state index < -0.39 is 34.0 Å². The van der Waals surface area contributed by atoms with Gasteiger partial charge in [-0.2, -0.15) is 4.31 Å². The summed E-state index contributed by atoms with van der Waals surface area (Å²) >= 11 is 0. The number of primary amides is 1. The largest absolute Gasteiger partial charge is 0.449 e. The highest BCUT2D eigenvalue weighted by Crippen LogP contribution is 2.17. The lowest BCUT2D eigenvalue weighted by atomic mass is 10.2. The highest BCUT2D eigenvalue weighted by molar-refractivity contribution is 7.89. The summed E-state index contributed by atoms with van der Waals surface area (Å²) in [5.41, 5.74) is 4.87. The molecule has 0 aromatic heterocycles. The van der Waals surface area contributed by atoms with E-state index in [-0.39, 0.29) is 10.5 Å². The topological polar surface area (TPSA) is 136 Å². The number of urea groups is 1. The lowest BCUT2D eigenvalue weighted by Crippen LogP contribution is -2.42. The maximum absolute atomic E-state index is 12.4. The Labute approximate surface area is 146 Å². The van der Waals surface area contributed by atoms with Gasteiger partial charge >= 0.3 is 12.0 Å². The fourth-order valence-corrected chi connectivity index (χ4v) is 3.44. The number of hydrogen-bond donors (Lipinski definition) is 2. The van der Waals surface area contributed by atoms with E-state index in [9.17, 15) is 22.8 Å². The normalized spacial score (nSPS) is 12.5. The summed E-state index contributed by atoms with van der Waals surface area (Å²) in [5.74, 6) is -1.69. The van der Waals surface area contributed by atoms with Crippen LogP contribution in [-0.4, -0.2) is 49.8 Å². The van der Waals surface area contributed by atoms with Crippen LogP contribution in [-0.2, 0) is 19.6 Å². The van der Waals surface area contributed by atoms with Crippen molar-refractivity contribution < 1.29 is 27.5 Å². The van der Waals surface area contributed by atoms with Gasteiger partial charge in [0.2, 0.25) is 10.0 Å². The molecule has 1 aromatic rings. The highest BCUT2D eigenvalue weighted by Gasteiger charge is 2.23. The molecule has 138 valence electrons. The number of nitrogens with zero attached hydrogens (tertiary/aromatic N) is 1. The van der Waals surface area contributed by atoms with Crippen LogP contribution >= 0.6 is 0 Å². The van der Waals surface area contributed by atoms with Gasteiger partial charge < -0.3 is 10.5 Å². The predicted octanol–water partition coefficient (Wildman–Crippen LogP) is 0.457. The SMILES string of the molecule is CCN(CC)S(=O)(=O)c1ccc(C(=O)O[C@@H](C)C(=O)NC(N)=O)cc1. The minimum atomic E-state index is -3.63. The van der Waals surface area contributed by atoms with E-state index in [1.165, 1.54) is 35.5 Å². The zero-order chi connectivity index (χ0) is 19.2. The van der Waals surface area contributed by atoms with E-state index >= 15 is 0 Å². The van der Waals surface area contributed by atoms with E-state index in [0.29, 0.717) is 13.1 Å². The van der Waals surface area contributed by atoms with Crippen molar-refractivity contribution in [2.24, 2.45) is 5.73 Å². The van der Waals surface area contributed by atoms with Gasteiger partial charge in [0.05, 0.1) is 10.5 Å². The second-order valence-electron chi connectivity index (χ2n) is 5.01. The van der Waals surface area contributed by atoms with Crippen molar-refractivity contribution in [3.05, 3.63) is 29.8 Å². The molecule has 0 aliphatic heterocycles. The summed E-state index contributed by atoms with van der Waals surface area (Å²) in [6.07, 6.45) is -1.24. The molecule has 1 aromatic carbocycles. The van der Waals surface area contributed by atoms with E-state index in [1.54, 1.807) is 19.2 Å². The number of carbonyl (C=O) groups excluding carboxylic acids is 3. The molecule has 0 fully saturated rings. The Kier molecular flexibility index (Phi) is 7.07. The van der Waals surface area contributed by atoms with Crippen molar-refractivity contribution in [1.29, 1.82) is 0 Å². The van der Waals surface area contributed by atoms with E-state index in [4.69, 9.17) is 10.5 Å². The second-order valence-corrected chi connectivity index (χ2v) is 6.95. The maximum Gasteiger partial charge on any atom is 0.338 e. The molecule has 0 saturated heterocycles. The Morgan fingerprint density at radius 1 is 1.16 bits per heavy atom. The lowest BCUT2D eigenvalue weighted by Gasteiger charge is -2.18. The van der Waals surface area contributed by atoms with E-state index in [0.717, 1.165) is 0 Å². The third-order valence-electron chi connectivity index (χ3n) is 3.33. The smallest absolute Gasteiger partial charge is 0.338 e. The zero-order valence-corrected chi connectivity index (χ0v) is 15.0. The fraction of sp³-hybridized carbons (Fsp3) is 0.400. The third kappa shape index (κ3) is 5.26. The van der Waals surface area contributed by atoms with Crippen LogP contribution < -0.4 is 11.1 Å². The molecule has 0 aliphatic rings. The van der Waals surface area contributed by atoms with Gasteiger partial charge in [0.25, 0.3) is 5.91 Å². The van der Waals surface area contributed by atoms with Crippen LogP contribution in [0.15, 0.2) is 29.2 Å². The van der Waals surface area contributed by atoms with Crippen LogP contribution in [0.2, 0.25) is 0 Å². The average Bonchev–Trinajstić information content (AvgIpc) is 2.55. The van der Waals surface area contributed by atoms with Crippen molar-refractivity contribution in [3.63, 3.8) is 0 Å². The second kappa shape index (κ2) is 8.58. The molecule has 9 nitrogen and oxygen atoms in total. The summed E-state index contributed by atoms with van der Waals surface area (Å²) in [6, 6.07) is 4.10. The number of sulfonamides is 1. The van der Waals surface area contributed by atoms with Gasteiger partial charge in [-0.15, -0.1) is 0 Å². The van der Waals surface area contributed by atoms with Crippen molar-refractivity contribution in [2.45, 2.75) is 31.8 Å². The number of carbonyl (C=O) groups is 3. The van der Waals surface area contributed by atoms with Crippen LogP contribution in [0.5, 0.6) is 0 Å². The van der Waals surface area contributed by atoms with Gasteiger partial charge in [-0.3, -0.25) is 10.1 Å². The van der Waals surface area contributed by atoms with Crippen LogP contribution in [0.4, 0.5) is 4.79 Å². The lowest BCUT2D eigenvalue weighted by molar-refractivity contribution is -0.127. The summed E-state index contributed by atoms with van der Waals surface area (Å²) in [7, 11) is -3.63. The first kappa shape index (κ1) is 20.6. The Balaban J connectivity index is 2.87. The molecule has 1 rings (SSSR count). The molecule has 0 aliphatic carbocycles. The molecule has 1 atom stereocenters. The van der Waals surface area contributed by atoms with Crippen molar-refractivity contribution >= 4 is 27.9 Å². The predicted molar refractivity (Wildman–Crippen MR) is 89.2 cm³/mol. The molecule has 0 spiro atoms. The summed E-state index contributed by atoms with van der Waals surface area (Å²) in [6.45, 7) is 5.39. The number of nitrogens with one attached hydrogen (secondary N) is 1. The van der Waals surface area contributed by atoms with Crippen LogP contribution in [0.25, 0.3) is 0 Å². The minimum absolute atomic E-state index is 0.0484. The van der Waals surface area contributed by atoms with Crippen LogP contribution in [0.3, 0.4) is 0 Å². The molecule has 10 heteroatoms. The number of nitrogens with two attached hydrogens (primary N) is 1. The van der Waals surface area contributed by atoms with Gasteiger partial charge in [-0.25, -0.2) is 18.0 Å². The average molecular weight is 371 g/mol. The molecule has 0 unspecified atom stereocenters. The molecule has 0 heterocycles. The number of rotatable bonds is 7. The van der Waals surface area contributed by atoms with Crippen LogP contribution in [0, 0.1) is 0 Å². The number of ether oxygens (including phenoxy) is 1. The van der Waals surface area contributed by atoms with Crippen LogP contribution in [0.1, 0.15) is 31.1 Å². The zero-order valence-electron chi connectivity index (χ0n) is 14.2. The summed E-state index contributed by atoms with van der Waals surface area (Å²) < 4.78 is 30.9. The monoisotopic (exact) mass is 371 g/mol. The van der Waals surface area contributed by atoms with Gasteiger partial charge in [-0.05, 0) is 31.2 Å². The molecule has 3 amide bonds. The van der Waals surface area contributed by atoms with Crippen molar-refractivity contribution in [1.82, 2.24) is 9.62 Å². The Morgan fingerprint density at radius 3 is 2.12 bits per heavy atom. The van der Waals surface area contributed by atoms with Gasteiger partial charge in [-0.1, -0.05) is 13.8 Å². The van der Waals surface area contributed by atoms with Gasteiger partial charge in [0.1, 0.15) is 0 Å². The first-order chi connectivity index (χ1) is 11.6. The first-order valence-corrected chi connectivity index (χ1v) is 8.99. The van der Waals surface area contributed by atoms with Crippen molar-refractivity contribution in [3.8, 4) is 0 Å². The van der Waals surface area contributed by atoms with Gasteiger partial charge in [0.15, 0.2) is 6.10 Å². The number of benzene rings is 1. The maximum atomic E-state index is 12.4. The molecule has 0 saturated carbocycles. The standard InChI is InChI=1S/C15H21N3O6S/c1-4-18(5-2)25(22,23)12-8-6-11(7-9-12)14(20)24-10(3)13(19)17-15(16)21/h6-10H,4-5H2,1-3H3,(H3,16,17,19,21)/t10-/m0/s1. The Hall–Kier alpha value is -2.46. The number of esters is 1. The van der Waals surface area contributed by atoms with Gasteiger partial charge in [0, 0.05) is 13.1 Å². The van der Waals surface area contributed by atoms with E-state index in [1.807, 2.05) is 0 Å². The molecule has 0 radical (unpaired) electrons. The number of hydrogen-bond acceptors (Lipinski definition) is 6. The Bertz CT molecular complexity index is 741. The first-order valence-electron chi connectivity index (χ1n) is 7.54. The summed E-state index contributed by atoms with van der Waals surface area (Å²) in [4.78, 5) is 34.1. The number of amides is 3. The highest BCUT2D eigenvalue weighted by atomic mass is 32.2.